The van der Waals surface area contributed by atoms with Crippen molar-refractivity contribution < 1.29 is 0 Å². The minimum atomic E-state index is 0.194. The minimum Gasteiger partial charge on any atom is -0.173 e. The summed E-state index contributed by atoms with van der Waals surface area (Å²) in [6.45, 7) is 6.16. The lowest BCUT2D eigenvalue weighted by atomic mass is 10.3. The van der Waals surface area contributed by atoms with Crippen LogP contribution in [0.3, 0.4) is 0 Å². The molecule has 0 bridgehead atoms. The third kappa shape index (κ3) is 349. The molecule has 0 unspecified atom stereocenters. The number of rotatable bonds is 0. The lowest BCUT2D eigenvalue weighted by Gasteiger charge is -2.04. The van der Waals surface area contributed by atoms with Crippen molar-refractivity contribution in [3.63, 3.8) is 0 Å². The van der Waals surface area contributed by atoms with Crippen LogP contribution < -0.4 is 0 Å². The average Bonchev–Trinajstić information content (AvgIpc) is 1.36. The van der Waals surface area contributed by atoms with Gasteiger partial charge in [0, 0.05) is 11.1 Å². The summed E-state index contributed by atoms with van der Waals surface area (Å²) >= 11 is 8.76. The largest absolute Gasteiger partial charge is 0.173 e. The molecule has 0 N–H and O–H groups in total. The van der Waals surface area contributed by atoms with E-state index < -0.39 is 0 Å². The van der Waals surface area contributed by atoms with Crippen LogP contribution in [0.25, 0.3) is 0 Å². The normalized spacial score (nSPS) is 9.43. The van der Waals surface area contributed by atoms with Crippen LogP contribution in [0.1, 0.15) is 20.8 Å². The van der Waals surface area contributed by atoms with Gasteiger partial charge in [0.25, 0.3) is 0 Å². The highest BCUT2D eigenvalue weighted by molar-refractivity contribution is 7.81. The third-order valence-corrected chi connectivity index (χ3v) is 0. The van der Waals surface area contributed by atoms with Crippen molar-refractivity contribution in [1.29, 1.82) is 0 Å². The van der Waals surface area contributed by atoms with Crippen molar-refractivity contribution in [2.45, 2.75) is 25.5 Å². The Bertz CT molecular complexity index is 23.6. The van der Waals surface area contributed by atoms with E-state index in [0.717, 1.165) is 0 Å². The van der Waals surface area contributed by atoms with Gasteiger partial charge in [-0.2, -0.15) is 12.6 Å². The van der Waals surface area contributed by atoms with Gasteiger partial charge in [-0.25, -0.2) is 0 Å². The molecule has 0 nitrogen and oxygen atoms in total. The Morgan fingerprint density at radius 3 is 1.14 bits per heavy atom. The second-order valence-electron chi connectivity index (χ2n) is 2.17. The number of hydrogen-bond acceptors (Lipinski definition) is 1. The number of hydrogen-bond donors (Lipinski definition) is 1. The van der Waals surface area contributed by atoms with E-state index in [4.69, 9.17) is 0 Å². The summed E-state index contributed by atoms with van der Waals surface area (Å²) in [6.07, 6.45) is 1.47. The Hall–Kier alpha value is 0.640. The standard InChI is InChI=1S/C4H10S.CH3Cl/c1-4(2,3)5;1-2/h5H,1-3H3;1H3. The van der Waals surface area contributed by atoms with E-state index in [1.54, 1.807) is 0 Å². The molecule has 0 amide bonds. The van der Waals surface area contributed by atoms with Crippen molar-refractivity contribution in [3.05, 3.63) is 0 Å². The molecule has 7 heavy (non-hydrogen) atoms. The fraction of sp³-hybridized carbons (Fsp3) is 1.00. The molecule has 2 heteroatoms. The van der Waals surface area contributed by atoms with Gasteiger partial charge in [-0.3, -0.25) is 0 Å². The molecule has 46 valence electrons. The highest BCUT2D eigenvalue weighted by Gasteiger charge is 1.96. The Balaban J connectivity index is 0. The zero-order valence-corrected chi connectivity index (χ0v) is 6.98. The van der Waals surface area contributed by atoms with Gasteiger partial charge in [-0.05, 0) is 0 Å². The Kier molecular flexibility index (Phi) is 7.25. The van der Waals surface area contributed by atoms with Crippen LogP contribution in [0.2, 0.25) is 0 Å². The van der Waals surface area contributed by atoms with Gasteiger partial charge in [-0.1, -0.05) is 20.8 Å². The van der Waals surface area contributed by atoms with Crippen LogP contribution in [-0.4, -0.2) is 11.1 Å². The Morgan fingerprint density at radius 1 is 1.14 bits per heavy atom. The molecule has 0 aromatic rings. The summed E-state index contributed by atoms with van der Waals surface area (Å²) < 4.78 is 0.194. The van der Waals surface area contributed by atoms with E-state index in [1.165, 1.54) is 6.38 Å². The molecule has 0 rings (SSSR count). The van der Waals surface area contributed by atoms with E-state index in [-0.39, 0.29) is 4.75 Å². The van der Waals surface area contributed by atoms with E-state index in [1.807, 2.05) is 0 Å². The van der Waals surface area contributed by atoms with E-state index in [2.05, 4.69) is 45.0 Å². The number of thiol groups is 1. The quantitative estimate of drug-likeness (QED) is 0.388. The van der Waals surface area contributed by atoms with Gasteiger partial charge in [0.2, 0.25) is 0 Å². The van der Waals surface area contributed by atoms with Gasteiger partial charge < -0.3 is 0 Å². The van der Waals surface area contributed by atoms with Crippen LogP contribution in [0.5, 0.6) is 0 Å². The van der Waals surface area contributed by atoms with Crippen molar-refractivity contribution in [3.8, 4) is 0 Å². The lowest BCUT2D eigenvalue weighted by molar-refractivity contribution is 0.812. The third-order valence-electron chi connectivity index (χ3n) is 0. The molecule has 0 aliphatic carbocycles. The highest BCUT2D eigenvalue weighted by atomic mass is 35.5. The maximum absolute atomic E-state index is 4.64. The Labute approximate surface area is 56.7 Å². The van der Waals surface area contributed by atoms with Crippen LogP contribution >= 0.6 is 24.2 Å². The van der Waals surface area contributed by atoms with E-state index >= 15 is 0 Å². The molecule has 0 saturated heterocycles. The molecule has 0 aliphatic heterocycles. The molecule has 0 aliphatic rings. The molecular formula is C5H13ClS. The monoisotopic (exact) mass is 140 g/mol. The van der Waals surface area contributed by atoms with Crippen LogP contribution in [0.4, 0.5) is 0 Å². The molecule has 0 atom stereocenters. The fourth-order valence-corrected chi connectivity index (χ4v) is 0. The fourth-order valence-electron chi connectivity index (χ4n) is 0. The van der Waals surface area contributed by atoms with E-state index in [0.29, 0.717) is 0 Å². The van der Waals surface area contributed by atoms with Crippen LogP contribution in [-0.2, 0) is 0 Å². The van der Waals surface area contributed by atoms with Crippen LogP contribution in [0.15, 0.2) is 0 Å². The topological polar surface area (TPSA) is 0 Å². The maximum atomic E-state index is 4.64. The summed E-state index contributed by atoms with van der Waals surface area (Å²) in [5.74, 6) is 0. The first kappa shape index (κ1) is 10.6. The first-order valence-corrected chi connectivity index (χ1v) is 3.30. The molecule has 0 fully saturated rings. The zero-order valence-electron chi connectivity index (χ0n) is 5.33. The highest BCUT2D eigenvalue weighted by Crippen LogP contribution is 2.07. The molecule has 0 spiro atoms. The summed E-state index contributed by atoms with van der Waals surface area (Å²) in [7, 11) is 0. The summed E-state index contributed by atoms with van der Waals surface area (Å²) in [5, 5.41) is 0. The lowest BCUT2D eigenvalue weighted by Crippen LogP contribution is -1.99. The van der Waals surface area contributed by atoms with E-state index in [9.17, 15) is 0 Å². The summed E-state index contributed by atoms with van der Waals surface area (Å²) in [5.41, 5.74) is 0. The van der Waals surface area contributed by atoms with Crippen molar-refractivity contribution in [1.82, 2.24) is 0 Å². The molecule has 0 aromatic carbocycles. The molecule has 0 heterocycles. The predicted molar refractivity (Wildman–Crippen MR) is 40.5 cm³/mol. The van der Waals surface area contributed by atoms with Crippen LogP contribution in [0, 0.1) is 0 Å². The Morgan fingerprint density at radius 2 is 1.14 bits per heavy atom. The average molecular weight is 141 g/mol. The van der Waals surface area contributed by atoms with Gasteiger partial charge in [0.15, 0.2) is 0 Å². The molecule has 0 aromatic heterocycles. The summed E-state index contributed by atoms with van der Waals surface area (Å²) in [4.78, 5) is 0. The SMILES string of the molecule is CC(C)(C)S.CCl. The van der Waals surface area contributed by atoms with Crippen molar-refractivity contribution in [2.75, 3.05) is 6.38 Å². The van der Waals surface area contributed by atoms with Gasteiger partial charge >= 0.3 is 0 Å². The molecule has 0 saturated carbocycles. The second kappa shape index (κ2) is 4.79. The zero-order chi connectivity index (χ0) is 6.50. The number of halogens is 1. The van der Waals surface area contributed by atoms with Crippen molar-refractivity contribution >= 4 is 24.2 Å². The molecule has 0 radical (unpaired) electrons. The number of alkyl halides is 1. The first-order valence-electron chi connectivity index (χ1n) is 2.10. The summed E-state index contributed by atoms with van der Waals surface area (Å²) in [6, 6.07) is 0. The second-order valence-corrected chi connectivity index (χ2v) is 3.51. The predicted octanol–water partition coefficient (Wildman–Crippen LogP) is 2.57. The first-order chi connectivity index (χ1) is 3.00. The minimum absolute atomic E-state index is 0.194. The molecular weight excluding hydrogens is 128 g/mol. The smallest absolute Gasteiger partial charge is 0.0108 e. The van der Waals surface area contributed by atoms with Crippen molar-refractivity contribution in [2.24, 2.45) is 0 Å². The maximum Gasteiger partial charge on any atom is 0.0108 e. The van der Waals surface area contributed by atoms with Gasteiger partial charge in [-0.15, -0.1) is 11.6 Å². The van der Waals surface area contributed by atoms with Gasteiger partial charge in [0.1, 0.15) is 0 Å². The van der Waals surface area contributed by atoms with Gasteiger partial charge in [0.05, 0.1) is 0 Å².